The molecule has 1 atom stereocenters. The van der Waals surface area contributed by atoms with Gasteiger partial charge in [-0.25, -0.2) is 13.6 Å². The quantitative estimate of drug-likeness (QED) is 0.801. The van der Waals surface area contributed by atoms with E-state index in [1.165, 1.54) is 0 Å². The Bertz CT molecular complexity index is 546. The predicted octanol–water partition coefficient (Wildman–Crippen LogP) is 3.78. The Morgan fingerprint density at radius 1 is 1.35 bits per heavy atom. The van der Waals surface area contributed by atoms with Crippen molar-refractivity contribution < 1.29 is 31.5 Å². The van der Waals surface area contributed by atoms with Crippen LogP contribution in [0.25, 0.3) is 0 Å². The molecule has 1 heterocycles. The molecule has 110 valence electrons. The fourth-order valence-corrected chi connectivity index (χ4v) is 1.98. The zero-order valence-electron chi connectivity index (χ0n) is 9.60. The van der Waals surface area contributed by atoms with Crippen molar-refractivity contribution >= 4 is 17.7 Å². The first-order chi connectivity index (χ1) is 9.11. The summed E-state index contributed by atoms with van der Waals surface area (Å²) in [6, 6.07) is 0.0493. The number of hydrogen-bond acceptors (Lipinski definition) is 2. The Kier molecular flexibility index (Phi) is 3.53. The van der Waals surface area contributed by atoms with Crippen LogP contribution in [0.4, 0.5) is 26.7 Å². The topological polar surface area (TPSA) is 38.3 Å². The number of alkyl halides is 5. The Balaban J connectivity index is 2.47. The van der Waals surface area contributed by atoms with Crippen molar-refractivity contribution in [3.05, 3.63) is 34.3 Å². The van der Waals surface area contributed by atoms with Crippen molar-refractivity contribution in [1.29, 1.82) is 0 Å². The van der Waals surface area contributed by atoms with Gasteiger partial charge >= 0.3 is 18.2 Å². The second-order valence-electron chi connectivity index (χ2n) is 4.15. The largest absolute Gasteiger partial charge is 0.443 e. The lowest BCUT2D eigenvalue weighted by molar-refractivity contribution is -0.138. The van der Waals surface area contributed by atoms with Crippen molar-refractivity contribution in [2.75, 3.05) is 6.61 Å². The maximum Gasteiger partial charge on any atom is 0.416 e. The van der Waals surface area contributed by atoms with Gasteiger partial charge in [0.2, 0.25) is 0 Å². The summed E-state index contributed by atoms with van der Waals surface area (Å²) in [6.07, 6.45) is -5.85. The molecule has 0 radical (unpaired) electrons. The van der Waals surface area contributed by atoms with Crippen LogP contribution in [0.2, 0.25) is 5.02 Å². The Morgan fingerprint density at radius 2 is 2.00 bits per heavy atom. The van der Waals surface area contributed by atoms with Gasteiger partial charge in [0.25, 0.3) is 0 Å². The number of benzene rings is 1. The minimum atomic E-state index is -4.70. The van der Waals surface area contributed by atoms with Gasteiger partial charge < -0.3 is 10.1 Å². The maximum absolute atomic E-state index is 13.7. The first kappa shape index (κ1) is 14.8. The Labute approximate surface area is 114 Å². The number of carbonyl (C=O) groups excluding carboxylic acids is 1. The molecule has 1 fully saturated rings. The molecule has 1 saturated heterocycles. The first-order valence-corrected chi connectivity index (χ1v) is 5.67. The zero-order valence-corrected chi connectivity index (χ0v) is 10.4. The van der Waals surface area contributed by atoms with Crippen molar-refractivity contribution in [3.63, 3.8) is 0 Å². The molecule has 9 heteroatoms. The lowest BCUT2D eigenvalue weighted by Gasteiger charge is -2.32. The van der Waals surface area contributed by atoms with E-state index in [0.29, 0.717) is 12.1 Å². The monoisotopic (exact) mass is 315 g/mol. The average Bonchev–Trinajstić information content (AvgIpc) is 2.32. The molecule has 1 amide bonds. The minimum absolute atomic E-state index is 0.301. The summed E-state index contributed by atoms with van der Waals surface area (Å²) in [4.78, 5) is 11.0. The molecule has 2 rings (SSSR count). The molecule has 0 saturated carbocycles. The summed E-state index contributed by atoms with van der Waals surface area (Å²) in [5.74, 6) is -3.57. The maximum atomic E-state index is 13.7. The van der Waals surface area contributed by atoms with Crippen LogP contribution < -0.4 is 5.32 Å². The van der Waals surface area contributed by atoms with Crippen LogP contribution in [0, 0.1) is 0 Å². The van der Waals surface area contributed by atoms with E-state index < -0.39 is 42.0 Å². The van der Waals surface area contributed by atoms with Gasteiger partial charge in [-0.15, -0.1) is 0 Å². The summed E-state index contributed by atoms with van der Waals surface area (Å²) < 4.78 is 69.2. The summed E-state index contributed by atoms with van der Waals surface area (Å²) in [7, 11) is 0. The van der Waals surface area contributed by atoms with Gasteiger partial charge in [-0.05, 0) is 23.8 Å². The van der Waals surface area contributed by atoms with Crippen LogP contribution in [0.1, 0.15) is 17.2 Å². The molecule has 0 spiro atoms. The SMILES string of the molecule is O=C1N[C@H](c2cc(C(F)(F)F)ccc2Cl)C(F)(F)CO1. The fourth-order valence-electron chi connectivity index (χ4n) is 1.76. The zero-order chi connectivity index (χ0) is 15.1. The lowest BCUT2D eigenvalue weighted by Crippen LogP contribution is -2.49. The average molecular weight is 316 g/mol. The third kappa shape index (κ3) is 2.79. The first-order valence-electron chi connectivity index (χ1n) is 5.29. The molecule has 1 N–H and O–H groups in total. The third-order valence-corrected chi connectivity index (χ3v) is 3.06. The number of ether oxygens (including phenoxy) is 1. The molecule has 20 heavy (non-hydrogen) atoms. The second kappa shape index (κ2) is 4.76. The molecule has 3 nitrogen and oxygen atoms in total. The van der Waals surface area contributed by atoms with E-state index in [2.05, 4.69) is 4.74 Å². The Morgan fingerprint density at radius 3 is 2.60 bits per heavy atom. The number of carbonyl (C=O) groups is 1. The standard InChI is InChI=1S/C11H7ClF5NO2/c12-7-2-1-5(11(15,16)17)3-6(7)8-10(13,14)4-20-9(19)18-8/h1-3,8H,4H2,(H,18,19)/t8-/m1/s1. The third-order valence-electron chi connectivity index (χ3n) is 2.71. The van der Waals surface area contributed by atoms with E-state index in [1.807, 2.05) is 0 Å². The van der Waals surface area contributed by atoms with Gasteiger partial charge in [0, 0.05) is 5.02 Å². The van der Waals surface area contributed by atoms with Crippen molar-refractivity contribution in [3.8, 4) is 0 Å². The smallest absolute Gasteiger partial charge is 0.416 e. The molecule has 1 aliphatic rings. The molecule has 1 aromatic carbocycles. The van der Waals surface area contributed by atoms with Crippen LogP contribution in [-0.2, 0) is 10.9 Å². The minimum Gasteiger partial charge on any atom is -0.443 e. The molecule has 0 unspecified atom stereocenters. The number of rotatable bonds is 1. The number of hydrogen-bond donors (Lipinski definition) is 1. The lowest BCUT2D eigenvalue weighted by atomic mass is 9.98. The van der Waals surface area contributed by atoms with E-state index in [9.17, 15) is 26.7 Å². The molecule has 0 aliphatic carbocycles. The highest BCUT2D eigenvalue weighted by Gasteiger charge is 2.48. The normalized spacial score (nSPS) is 22.1. The summed E-state index contributed by atoms with van der Waals surface area (Å²) in [5, 5.41) is 1.48. The van der Waals surface area contributed by atoms with Gasteiger partial charge in [0.15, 0.2) is 6.61 Å². The number of cyclic esters (lactones) is 1. The van der Waals surface area contributed by atoms with E-state index in [1.54, 1.807) is 5.32 Å². The van der Waals surface area contributed by atoms with Gasteiger partial charge in [-0.1, -0.05) is 11.6 Å². The van der Waals surface area contributed by atoms with E-state index in [0.717, 1.165) is 6.07 Å². The second-order valence-corrected chi connectivity index (χ2v) is 4.56. The molecule has 0 aromatic heterocycles. The van der Waals surface area contributed by atoms with Crippen LogP contribution in [0.3, 0.4) is 0 Å². The van der Waals surface area contributed by atoms with Crippen LogP contribution in [-0.4, -0.2) is 18.6 Å². The van der Waals surface area contributed by atoms with Gasteiger partial charge in [-0.2, -0.15) is 13.2 Å². The number of nitrogens with one attached hydrogen (secondary N) is 1. The summed E-state index contributed by atoms with van der Waals surface area (Å²) in [6.45, 7) is -1.23. The molecule has 1 aromatic rings. The summed E-state index contributed by atoms with van der Waals surface area (Å²) in [5.41, 5.74) is -1.64. The highest BCUT2D eigenvalue weighted by molar-refractivity contribution is 6.31. The van der Waals surface area contributed by atoms with Crippen LogP contribution in [0.5, 0.6) is 0 Å². The molecule has 0 bridgehead atoms. The number of alkyl carbamates (subject to hydrolysis) is 1. The number of amides is 1. The molecular weight excluding hydrogens is 309 g/mol. The highest BCUT2D eigenvalue weighted by Crippen LogP contribution is 2.40. The predicted molar refractivity (Wildman–Crippen MR) is 58.6 cm³/mol. The molecular formula is C11H7ClF5NO2. The van der Waals surface area contributed by atoms with Crippen LogP contribution in [0.15, 0.2) is 18.2 Å². The molecule has 1 aliphatic heterocycles. The van der Waals surface area contributed by atoms with Gasteiger partial charge in [0.1, 0.15) is 6.04 Å². The van der Waals surface area contributed by atoms with Crippen molar-refractivity contribution in [2.24, 2.45) is 0 Å². The fraction of sp³-hybridized carbons (Fsp3) is 0.364. The van der Waals surface area contributed by atoms with Crippen molar-refractivity contribution in [2.45, 2.75) is 18.1 Å². The van der Waals surface area contributed by atoms with Gasteiger partial charge in [-0.3, -0.25) is 0 Å². The van der Waals surface area contributed by atoms with E-state index >= 15 is 0 Å². The van der Waals surface area contributed by atoms with E-state index in [-0.39, 0.29) is 5.02 Å². The summed E-state index contributed by atoms with van der Waals surface area (Å²) >= 11 is 5.66. The van der Waals surface area contributed by atoms with Crippen LogP contribution >= 0.6 is 11.6 Å². The number of halogens is 6. The Hall–Kier alpha value is -1.57. The van der Waals surface area contributed by atoms with Crippen molar-refractivity contribution in [1.82, 2.24) is 5.32 Å². The van der Waals surface area contributed by atoms with E-state index in [4.69, 9.17) is 11.6 Å². The van der Waals surface area contributed by atoms with Gasteiger partial charge in [0.05, 0.1) is 5.56 Å². The highest BCUT2D eigenvalue weighted by atomic mass is 35.5.